The maximum Gasteiger partial charge on any atom is 0.167 e. The summed E-state index contributed by atoms with van der Waals surface area (Å²) in [6, 6.07) is 1.40. The highest BCUT2D eigenvalue weighted by Gasteiger charge is 2.15. The van der Waals surface area contributed by atoms with E-state index >= 15 is 0 Å². The highest BCUT2D eigenvalue weighted by atomic mass is 35.5. The molecule has 0 aliphatic heterocycles. The van der Waals surface area contributed by atoms with E-state index in [0.717, 1.165) is 0 Å². The van der Waals surface area contributed by atoms with Crippen molar-refractivity contribution in [3.63, 3.8) is 0 Å². The molecule has 1 aromatic rings. The van der Waals surface area contributed by atoms with E-state index in [-0.39, 0.29) is 6.04 Å². The molecule has 0 unspecified atom stereocenters. The monoisotopic (exact) mass is 250 g/mol. The van der Waals surface area contributed by atoms with E-state index in [9.17, 15) is 4.39 Å². The van der Waals surface area contributed by atoms with Crippen molar-refractivity contribution in [2.24, 2.45) is 0 Å². The Morgan fingerprint density at radius 3 is 2.67 bits per heavy atom. The fourth-order valence-electron chi connectivity index (χ4n) is 1.32. The lowest BCUT2D eigenvalue weighted by Crippen LogP contribution is -2.34. The van der Waals surface area contributed by atoms with E-state index < -0.39 is 5.82 Å². The third-order valence-corrected chi connectivity index (χ3v) is 2.38. The van der Waals surface area contributed by atoms with Gasteiger partial charge in [0.1, 0.15) is 0 Å². The summed E-state index contributed by atoms with van der Waals surface area (Å²) in [4.78, 5) is 5.78. The van der Waals surface area contributed by atoms with Crippen LogP contribution in [0, 0.1) is 5.82 Å². The predicted octanol–water partition coefficient (Wildman–Crippen LogP) is 3.33. The summed E-state index contributed by atoms with van der Waals surface area (Å²) in [6.07, 6.45) is 1.43. The van der Waals surface area contributed by atoms with Crippen LogP contribution in [0.4, 0.5) is 10.2 Å². The Morgan fingerprint density at radius 2 is 2.20 bits per heavy atom. The summed E-state index contributed by atoms with van der Waals surface area (Å²) in [5.41, 5.74) is 0. The molecule has 0 saturated heterocycles. The van der Waals surface area contributed by atoms with Gasteiger partial charge in [0.15, 0.2) is 11.6 Å². The van der Waals surface area contributed by atoms with Gasteiger partial charge in [-0.2, -0.15) is 0 Å². The van der Waals surface area contributed by atoms with Crippen molar-refractivity contribution in [3.05, 3.63) is 23.1 Å². The third-order valence-electron chi connectivity index (χ3n) is 2.01. The maximum absolute atomic E-state index is 13.6. The van der Waals surface area contributed by atoms with Crippen molar-refractivity contribution in [3.8, 4) is 0 Å². The van der Waals surface area contributed by atoms with Crippen molar-refractivity contribution < 1.29 is 4.39 Å². The van der Waals surface area contributed by atoms with E-state index in [1.165, 1.54) is 12.3 Å². The Kier molecular flexibility index (Phi) is 4.61. The van der Waals surface area contributed by atoms with Crippen LogP contribution in [0.15, 0.2) is 12.3 Å². The van der Waals surface area contributed by atoms with Crippen LogP contribution >= 0.6 is 23.2 Å². The molecule has 15 heavy (non-hydrogen) atoms. The normalized spacial score (nSPS) is 10.8. The predicted molar refractivity (Wildman–Crippen MR) is 62.4 cm³/mol. The molecule has 0 radical (unpaired) electrons. The molecule has 0 fully saturated rings. The van der Waals surface area contributed by atoms with Gasteiger partial charge >= 0.3 is 0 Å². The third kappa shape index (κ3) is 3.21. The zero-order valence-electron chi connectivity index (χ0n) is 8.67. The van der Waals surface area contributed by atoms with Gasteiger partial charge < -0.3 is 4.90 Å². The van der Waals surface area contributed by atoms with Crippen LogP contribution in [0.1, 0.15) is 13.8 Å². The number of hydrogen-bond donors (Lipinski definition) is 0. The number of halogens is 3. The molecule has 84 valence electrons. The minimum atomic E-state index is -0.415. The first kappa shape index (κ1) is 12.5. The number of aromatic nitrogens is 1. The van der Waals surface area contributed by atoms with Crippen LogP contribution < -0.4 is 4.90 Å². The first-order valence-corrected chi connectivity index (χ1v) is 5.61. The minimum absolute atomic E-state index is 0.145. The zero-order chi connectivity index (χ0) is 11.4. The molecule has 1 heterocycles. The topological polar surface area (TPSA) is 16.1 Å². The summed E-state index contributed by atoms with van der Waals surface area (Å²) in [5.74, 6) is 0.318. The fraction of sp³-hybridized carbons (Fsp3) is 0.500. The highest BCUT2D eigenvalue weighted by Crippen LogP contribution is 2.21. The van der Waals surface area contributed by atoms with E-state index in [1.807, 2.05) is 13.8 Å². The van der Waals surface area contributed by atoms with Crippen LogP contribution in [-0.4, -0.2) is 23.5 Å². The highest BCUT2D eigenvalue weighted by molar-refractivity contribution is 6.30. The Bertz CT molecular complexity index is 331. The Hall–Kier alpha value is -0.540. The molecule has 5 heteroatoms. The van der Waals surface area contributed by atoms with Crippen LogP contribution in [0.3, 0.4) is 0 Å². The molecular weight excluding hydrogens is 238 g/mol. The van der Waals surface area contributed by atoms with Gasteiger partial charge in [0.25, 0.3) is 0 Å². The Labute approximate surface area is 99.0 Å². The molecule has 0 atom stereocenters. The average Bonchev–Trinajstić information content (AvgIpc) is 2.15. The molecular formula is C10H13Cl2FN2. The second kappa shape index (κ2) is 5.52. The SMILES string of the molecule is CC(C)N(CCCl)c1ncc(Cl)cc1F. The van der Waals surface area contributed by atoms with E-state index in [1.54, 1.807) is 4.90 Å². The first-order chi connectivity index (χ1) is 7.06. The van der Waals surface area contributed by atoms with Gasteiger partial charge in [-0.05, 0) is 19.9 Å². The van der Waals surface area contributed by atoms with E-state index in [2.05, 4.69) is 4.98 Å². The molecule has 1 rings (SSSR count). The van der Waals surface area contributed by atoms with Gasteiger partial charge in [0.05, 0.1) is 5.02 Å². The zero-order valence-corrected chi connectivity index (χ0v) is 10.2. The van der Waals surface area contributed by atoms with Crippen molar-refractivity contribution in [1.29, 1.82) is 0 Å². The summed E-state index contributed by atoms with van der Waals surface area (Å²) < 4.78 is 13.6. The van der Waals surface area contributed by atoms with Crippen LogP contribution in [0.25, 0.3) is 0 Å². The largest absolute Gasteiger partial charge is 0.351 e. The lowest BCUT2D eigenvalue weighted by molar-refractivity contribution is 0.595. The molecule has 0 aliphatic carbocycles. The first-order valence-electron chi connectivity index (χ1n) is 4.70. The quantitative estimate of drug-likeness (QED) is 0.763. The molecule has 0 amide bonds. The summed E-state index contributed by atoms with van der Waals surface area (Å²) in [5, 5.41) is 0.297. The lowest BCUT2D eigenvalue weighted by atomic mass is 10.3. The standard InChI is InChI=1S/C10H13Cl2FN2/c1-7(2)15(4-3-11)10-9(13)5-8(12)6-14-10/h5-7H,3-4H2,1-2H3. The molecule has 0 bridgehead atoms. The van der Waals surface area contributed by atoms with Gasteiger partial charge in [0.2, 0.25) is 0 Å². The summed E-state index contributed by atoms with van der Waals surface area (Å²) in [6.45, 7) is 4.48. The van der Waals surface area contributed by atoms with Gasteiger partial charge in [-0.3, -0.25) is 0 Å². The van der Waals surface area contributed by atoms with Crippen molar-refractivity contribution in [2.75, 3.05) is 17.3 Å². The van der Waals surface area contributed by atoms with Crippen molar-refractivity contribution >= 4 is 29.0 Å². The molecule has 0 spiro atoms. The minimum Gasteiger partial charge on any atom is -0.351 e. The summed E-state index contributed by atoms with van der Waals surface area (Å²) >= 11 is 11.3. The second-order valence-electron chi connectivity index (χ2n) is 3.44. The maximum atomic E-state index is 13.6. The average molecular weight is 251 g/mol. The Balaban J connectivity index is 3.00. The number of hydrogen-bond acceptors (Lipinski definition) is 2. The number of pyridine rings is 1. The lowest BCUT2D eigenvalue weighted by Gasteiger charge is -2.27. The smallest absolute Gasteiger partial charge is 0.167 e. The number of alkyl halides is 1. The van der Waals surface area contributed by atoms with E-state index in [4.69, 9.17) is 23.2 Å². The van der Waals surface area contributed by atoms with Crippen molar-refractivity contribution in [1.82, 2.24) is 4.98 Å². The molecule has 2 nitrogen and oxygen atoms in total. The molecule has 1 aromatic heterocycles. The van der Waals surface area contributed by atoms with E-state index in [0.29, 0.717) is 23.3 Å². The van der Waals surface area contributed by atoms with Gasteiger partial charge in [-0.15, -0.1) is 11.6 Å². The van der Waals surface area contributed by atoms with Crippen LogP contribution in [0.5, 0.6) is 0 Å². The van der Waals surface area contributed by atoms with Crippen LogP contribution in [0.2, 0.25) is 5.02 Å². The Morgan fingerprint density at radius 1 is 1.53 bits per heavy atom. The molecule has 0 aromatic carbocycles. The van der Waals surface area contributed by atoms with Crippen molar-refractivity contribution in [2.45, 2.75) is 19.9 Å². The number of rotatable bonds is 4. The van der Waals surface area contributed by atoms with Crippen LogP contribution in [-0.2, 0) is 0 Å². The fourth-order valence-corrected chi connectivity index (χ4v) is 1.65. The molecule has 0 aliphatic rings. The molecule has 0 N–H and O–H groups in total. The van der Waals surface area contributed by atoms with Gasteiger partial charge in [-0.25, -0.2) is 9.37 Å². The van der Waals surface area contributed by atoms with Gasteiger partial charge in [0, 0.05) is 24.7 Å². The number of anilines is 1. The number of nitrogens with zero attached hydrogens (tertiary/aromatic N) is 2. The summed E-state index contributed by atoms with van der Waals surface area (Å²) in [7, 11) is 0. The molecule has 0 saturated carbocycles. The van der Waals surface area contributed by atoms with Gasteiger partial charge in [-0.1, -0.05) is 11.6 Å². The second-order valence-corrected chi connectivity index (χ2v) is 4.25.